The van der Waals surface area contributed by atoms with Gasteiger partial charge in [0, 0.05) is 41.9 Å². The molecule has 1 saturated heterocycles. The highest BCUT2D eigenvalue weighted by molar-refractivity contribution is 7.90. The van der Waals surface area contributed by atoms with Crippen LogP contribution in [0.4, 0.5) is 5.82 Å². The zero-order chi connectivity index (χ0) is 21.6. The molecule has 3 aromatic rings. The van der Waals surface area contributed by atoms with E-state index in [1.54, 1.807) is 18.3 Å². The number of fused-ring (bicyclic) bond motifs is 1. The quantitative estimate of drug-likeness (QED) is 0.616. The maximum Gasteiger partial charge on any atom is 0.264 e. The van der Waals surface area contributed by atoms with Gasteiger partial charge in [-0.2, -0.15) is 0 Å². The van der Waals surface area contributed by atoms with Crippen molar-refractivity contribution in [3.05, 3.63) is 53.9 Å². The molecule has 0 radical (unpaired) electrons. The number of H-pyrrole nitrogens is 1. The van der Waals surface area contributed by atoms with Gasteiger partial charge in [0.2, 0.25) is 5.91 Å². The molecule has 2 fully saturated rings. The van der Waals surface area contributed by atoms with Gasteiger partial charge in [-0.25, -0.2) is 18.1 Å². The predicted octanol–water partition coefficient (Wildman–Crippen LogP) is 3.26. The van der Waals surface area contributed by atoms with Gasteiger partial charge in [-0.15, -0.1) is 0 Å². The molecular formula is C23H26N4O3S. The number of benzene rings is 1. The second-order valence-corrected chi connectivity index (χ2v) is 10.1. The first-order valence-corrected chi connectivity index (χ1v) is 12.3. The Morgan fingerprint density at radius 3 is 2.71 bits per heavy atom. The molecular weight excluding hydrogens is 412 g/mol. The maximum absolute atomic E-state index is 13.4. The minimum Gasteiger partial charge on any atom is -0.361 e. The highest BCUT2D eigenvalue weighted by Gasteiger charge is 2.54. The largest absolute Gasteiger partial charge is 0.361 e. The predicted molar refractivity (Wildman–Crippen MR) is 120 cm³/mol. The Morgan fingerprint density at radius 1 is 1.23 bits per heavy atom. The van der Waals surface area contributed by atoms with Crippen LogP contribution in [0.15, 0.2) is 47.6 Å². The van der Waals surface area contributed by atoms with E-state index in [1.807, 2.05) is 18.3 Å². The lowest BCUT2D eigenvalue weighted by atomic mass is 9.93. The Labute approximate surface area is 181 Å². The van der Waals surface area contributed by atoms with E-state index < -0.39 is 21.3 Å². The Morgan fingerprint density at radius 2 is 2.00 bits per heavy atom. The van der Waals surface area contributed by atoms with Crippen molar-refractivity contribution in [3.8, 4) is 0 Å². The van der Waals surface area contributed by atoms with Crippen molar-refractivity contribution in [1.82, 2.24) is 14.7 Å². The molecule has 0 spiro atoms. The molecule has 0 bridgehead atoms. The summed E-state index contributed by atoms with van der Waals surface area (Å²) in [4.78, 5) is 23.5. The molecule has 0 unspecified atom stereocenters. The van der Waals surface area contributed by atoms with Crippen molar-refractivity contribution in [2.75, 3.05) is 18.0 Å². The van der Waals surface area contributed by atoms with Gasteiger partial charge < -0.3 is 9.88 Å². The third-order valence-corrected chi connectivity index (χ3v) is 7.90. The topological polar surface area (TPSA) is 95.2 Å². The van der Waals surface area contributed by atoms with Crippen molar-refractivity contribution < 1.29 is 13.2 Å². The van der Waals surface area contributed by atoms with Crippen molar-refractivity contribution in [1.29, 1.82) is 0 Å². The van der Waals surface area contributed by atoms with Gasteiger partial charge in [0.15, 0.2) is 0 Å². The molecule has 0 atom stereocenters. The van der Waals surface area contributed by atoms with E-state index in [-0.39, 0.29) is 4.90 Å². The zero-order valence-corrected chi connectivity index (χ0v) is 18.3. The number of amides is 1. The van der Waals surface area contributed by atoms with Crippen LogP contribution in [-0.2, 0) is 26.7 Å². The molecule has 1 aliphatic carbocycles. The molecule has 2 aromatic heterocycles. The van der Waals surface area contributed by atoms with E-state index in [1.165, 1.54) is 6.07 Å². The summed E-state index contributed by atoms with van der Waals surface area (Å²) in [7, 11) is -4.01. The SMILES string of the molecule is CCc1cnc(N2CCCC2)c(C2(C(=O)NS(=O)(=O)c3cccc4[nH]ccc34)CC2)c1. The third-order valence-electron chi connectivity index (χ3n) is 6.51. The summed E-state index contributed by atoms with van der Waals surface area (Å²) in [5.41, 5.74) is 1.79. The first kappa shape index (κ1) is 20.1. The number of rotatable bonds is 6. The van der Waals surface area contributed by atoms with Crippen LogP contribution < -0.4 is 9.62 Å². The van der Waals surface area contributed by atoms with Crippen LogP contribution in [0.3, 0.4) is 0 Å². The number of aromatic nitrogens is 2. The summed E-state index contributed by atoms with van der Waals surface area (Å²) in [6.07, 6.45) is 7.82. The van der Waals surface area contributed by atoms with Crippen LogP contribution in [0.1, 0.15) is 43.7 Å². The van der Waals surface area contributed by atoms with Gasteiger partial charge >= 0.3 is 0 Å². The number of hydrogen-bond donors (Lipinski definition) is 2. The Balaban J connectivity index is 1.51. The number of pyridine rings is 1. The second-order valence-electron chi connectivity index (χ2n) is 8.47. The van der Waals surface area contributed by atoms with Gasteiger partial charge in [0.05, 0.1) is 10.3 Å². The van der Waals surface area contributed by atoms with E-state index in [0.717, 1.165) is 49.3 Å². The van der Waals surface area contributed by atoms with Crippen molar-refractivity contribution in [2.45, 2.75) is 49.3 Å². The van der Waals surface area contributed by atoms with Crippen LogP contribution >= 0.6 is 0 Å². The fourth-order valence-electron chi connectivity index (χ4n) is 4.54. The summed E-state index contributed by atoms with van der Waals surface area (Å²) in [5.74, 6) is 0.364. The van der Waals surface area contributed by atoms with Crippen LogP contribution in [0.25, 0.3) is 10.9 Å². The highest BCUT2D eigenvalue weighted by Crippen LogP contribution is 2.52. The molecule has 1 saturated carbocycles. The third kappa shape index (κ3) is 3.39. The number of nitrogens with zero attached hydrogens (tertiary/aromatic N) is 2. The summed E-state index contributed by atoms with van der Waals surface area (Å²) < 4.78 is 28.7. The molecule has 3 heterocycles. The van der Waals surface area contributed by atoms with E-state index >= 15 is 0 Å². The van der Waals surface area contributed by atoms with Crippen LogP contribution in [-0.4, -0.2) is 37.4 Å². The standard InChI is InChI=1S/C23H26N4O3S/c1-2-16-14-18(21(25-15-16)27-12-3-4-13-27)23(9-10-23)22(28)26-31(29,30)20-7-5-6-19-17(20)8-11-24-19/h5-8,11,14-15,24H,2-4,9-10,12-13H2,1H3,(H,26,28). The first-order valence-electron chi connectivity index (χ1n) is 10.8. The first-order chi connectivity index (χ1) is 14.9. The summed E-state index contributed by atoms with van der Waals surface area (Å²) in [6, 6.07) is 8.77. The van der Waals surface area contributed by atoms with E-state index in [2.05, 4.69) is 21.5 Å². The molecule has 1 aliphatic heterocycles. The minimum atomic E-state index is -4.01. The molecule has 1 aromatic carbocycles. The van der Waals surface area contributed by atoms with E-state index in [9.17, 15) is 13.2 Å². The zero-order valence-electron chi connectivity index (χ0n) is 17.5. The summed E-state index contributed by atoms with van der Waals surface area (Å²) in [6.45, 7) is 3.88. The van der Waals surface area contributed by atoms with Gasteiger partial charge in [0.25, 0.3) is 10.0 Å². The molecule has 162 valence electrons. The summed E-state index contributed by atoms with van der Waals surface area (Å²) in [5, 5.41) is 0.569. The smallest absolute Gasteiger partial charge is 0.264 e. The fourth-order valence-corrected chi connectivity index (χ4v) is 5.81. The average Bonchev–Trinajstić information content (AvgIpc) is 3.16. The van der Waals surface area contributed by atoms with Crippen LogP contribution in [0, 0.1) is 0 Å². The lowest BCUT2D eigenvalue weighted by molar-refractivity contribution is -0.121. The van der Waals surface area contributed by atoms with Crippen molar-refractivity contribution in [3.63, 3.8) is 0 Å². The lowest BCUT2D eigenvalue weighted by Gasteiger charge is -2.25. The van der Waals surface area contributed by atoms with Gasteiger partial charge in [0.1, 0.15) is 5.82 Å². The Hall–Kier alpha value is -2.87. The number of anilines is 1. The minimum absolute atomic E-state index is 0.107. The van der Waals surface area contributed by atoms with Gasteiger partial charge in [-0.1, -0.05) is 13.0 Å². The maximum atomic E-state index is 13.4. The van der Waals surface area contributed by atoms with Crippen LogP contribution in [0.2, 0.25) is 0 Å². The molecule has 8 heteroatoms. The molecule has 7 nitrogen and oxygen atoms in total. The average molecular weight is 439 g/mol. The number of hydrogen-bond acceptors (Lipinski definition) is 5. The van der Waals surface area contributed by atoms with E-state index in [4.69, 9.17) is 4.98 Å². The van der Waals surface area contributed by atoms with Crippen LogP contribution in [0.5, 0.6) is 0 Å². The number of sulfonamides is 1. The number of nitrogens with one attached hydrogen (secondary N) is 2. The van der Waals surface area contributed by atoms with Crippen molar-refractivity contribution >= 4 is 32.7 Å². The summed E-state index contributed by atoms with van der Waals surface area (Å²) >= 11 is 0. The molecule has 31 heavy (non-hydrogen) atoms. The Kier molecular flexibility index (Phi) is 4.77. The number of carbonyl (C=O) groups is 1. The van der Waals surface area contributed by atoms with E-state index in [0.29, 0.717) is 23.7 Å². The van der Waals surface area contributed by atoms with Crippen molar-refractivity contribution in [2.24, 2.45) is 0 Å². The highest BCUT2D eigenvalue weighted by atomic mass is 32.2. The molecule has 5 rings (SSSR count). The molecule has 2 aliphatic rings. The monoisotopic (exact) mass is 438 g/mol. The van der Waals surface area contributed by atoms with Gasteiger partial charge in [-0.05, 0) is 61.9 Å². The fraction of sp³-hybridized carbons (Fsp3) is 0.391. The Bertz CT molecular complexity index is 1250. The number of aromatic amines is 1. The lowest BCUT2D eigenvalue weighted by Crippen LogP contribution is -2.40. The molecule has 1 amide bonds. The number of carbonyl (C=O) groups excluding carboxylic acids is 1. The van der Waals surface area contributed by atoms with Gasteiger partial charge in [-0.3, -0.25) is 4.79 Å². The molecule has 2 N–H and O–H groups in total. The number of aryl methyl sites for hydroxylation is 1. The second kappa shape index (κ2) is 7.37. The normalized spacial score (nSPS) is 17.8.